The molecule has 2 aromatic heterocycles. The maximum Gasteiger partial charge on any atom is 0.250 e. The van der Waals surface area contributed by atoms with Gasteiger partial charge in [0.1, 0.15) is 0 Å². The quantitative estimate of drug-likeness (QED) is 0.794. The number of aromatic nitrogens is 2. The Balaban J connectivity index is 2.08. The monoisotopic (exact) mass is 334 g/mol. The van der Waals surface area contributed by atoms with E-state index in [9.17, 15) is 4.79 Å². The molecule has 2 N–H and O–H groups in total. The van der Waals surface area contributed by atoms with Gasteiger partial charge in [-0.2, -0.15) is 5.26 Å². The minimum absolute atomic E-state index is 0.111. The van der Waals surface area contributed by atoms with E-state index in [1.807, 2.05) is 30.3 Å². The van der Waals surface area contributed by atoms with Crippen LogP contribution in [0.4, 0.5) is 0 Å². The summed E-state index contributed by atoms with van der Waals surface area (Å²) in [6.45, 7) is 0. The topological polar surface area (TPSA) is 92.7 Å². The van der Waals surface area contributed by atoms with Gasteiger partial charge in [-0.05, 0) is 30.3 Å². The van der Waals surface area contributed by atoms with Crippen molar-refractivity contribution in [1.82, 2.24) is 9.97 Å². The fourth-order valence-corrected chi connectivity index (χ4v) is 2.61. The third-order valence-electron chi connectivity index (χ3n) is 3.47. The van der Waals surface area contributed by atoms with Gasteiger partial charge in [-0.25, -0.2) is 0 Å². The zero-order valence-corrected chi connectivity index (χ0v) is 13.2. The Morgan fingerprint density at radius 3 is 2.50 bits per heavy atom. The molecule has 0 saturated carbocycles. The van der Waals surface area contributed by atoms with E-state index in [4.69, 9.17) is 22.6 Å². The zero-order valence-electron chi connectivity index (χ0n) is 12.4. The molecule has 1 amide bonds. The van der Waals surface area contributed by atoms with Crippen LogP contribution in [0, 0.1) is 11.3 Å². The van der Waals surface area contributed by atoms with Gasteiger partial charge in [0.05, 0.1) is 33.6 Å². The molecule has 0 bridgehead atoms. The first-order valence-electron chi connectivity index (χ1n) is 7.01. The Labute approximate surface area is 143 Å². The highest BCUT2D eigenvalue weighted by Crippen LogP contribution is 2.32. The lowest BCUT2D eigenvalue weighted by Gasteiger charge is -2.09. The second kappa shape index (κ2) is 6.49. The van der Waals surface area contributed by atoms with E-state index in [1.54, 1.807) is 24.5 Å². The molecule has 6 heteroatoms. The molecule has 3 rings (SSSR count). The van der Waals surface area contributed by atoms with Crippen molar-refractivity contribution in [3.63, 3.8) is 0 Å². The van der Waals surface area contributed by atoms with Gasteiger partial charge in [-0.15, -0.1) is 0 Å². The largest absolute Gasteiger partial charge is 0.366 e. The fraction of sp³-hybridized carbons (Fsp3) is 0. The van der Waals surface area contributed by atoms with Crippen molar-refractivity contribution < 1.29 is 4.79 Å². The number of pyridine rings is 2. The van der Waals surface area contributed by atoms with Gasteiger partial charge in [0.2, 0.25) is 5.91 Å². The van der Waals surface area contributed by atoms with E-state index in [0.717, 1.165) is 5.69 Å². The molecule has 0 saturated heterocycles. The summed E-state index contributed by atoms with van der Waals surface area (Å²) in [4.78, 5) is 20.1. The molecular formula is C18H11ClN4O. The number of benzene rings is 1. The zero-order chi connectivity index (χ0) is 17.1. The number of nitriles is 1. The molecule has 0 atom stereocenters. The summed E-state index contributed by atoms with van der Waals surface area (Å²) in [5, 5.41) is 9.33. The second-order valence-corrected chi connectivity index (χ2v) is 5.39. The molecule has 0 fully saturated rings. The minimum atomic E-state index is -0.684. The maximum atomic E-state index is 11.5. The molecule has 1 aromatic carbocycles. The van der Waals surface area contributed by atoms with Crippen molar-refractivity contribution >= 4 is 17.5 Å². The van der Waals surface area contributed by atoms with Crippen molar-refractivity contribution in [3.05, 3.63) is 71.0 Å². The van der Waals surface area contributed by atoms with Gasteiger partial charge in [-0.3, -0.25) is 14.8 Å². The summed E-state index contributed by atoms with van der Waals surface area (Å²) in [6.07, 6.45) is 3.31. The van der Waals surface area contributed by atoms with Gasteiger partial charge < -0.3 is 5.73 Å². The van der Waals surface area contributed by atoms with Crippen LogP contribution < -0.4 is 5.73 Å². The number of carbonyl (C=O) groups excluding carboxylic acids is 1. The normalized spacial score (nSPS) is 10.2. The number of nitrogens with two attached hydrogens (primary N) is 1. The molecule has 0 spiro atoms. The number of halogens is 1. The van der Waals surface area contributed by atoms with Crippen LogP contribution in [-0.2, 0) is 0 Å². The van der Waals surface area contributed by atoms with E-state index in [-0.39, 0.29) is 10.6 Å². The number of hydrogen-bond acceptors (Lipinski definition) is 4. The highest BCUT2D eigenvalue weighted by molar-refractivity contribution is 6.36. The molecule has 2 heterocycles. The Morgan fingerprint density at radius 2 is 1.92 bits per heavy atom. The summed E-state index contributed by atoms with van der Waals surface area (Å²) in [5.41, 5.74) is 8.41. The molecule has 0 aliphatic rings. The number of amides is 1. The standard InChI is InChI=1S/C18H11ClN4O/c19-17-13(7-11(9-20)8-14(17)18(21)24)12-4-5-16(23-10-12)15-3-1-2-6-22-15/h1-8,10H,(H2,21,24). The van der Waals surface area contributed by atoms with Crippen molar-refractivity contribution in [1.29, 1.82) is 5.26 Å². The van der Waals surface area contributed by atoms with Crippen LogP contribution in [0.5, 0.6) is 0 Å². The van der Waals surface area contributed by atoms with Crippen LogP contribution in [0.25, 0.3) is 22.5 Å². The number of primary amides is 1. The predicted octanol–water partition coefficient (Wildman–Crippen LogP) is 3.43. The van der Waals surface area contributed by atoms with Crippen molar-refractivity contribution in [2.75, 3.05) is 0 Å². The van der Waals surface area contributed by atoms with Crippen LogP contribution in [0.3, 0.4) is 0 Å². The second-order valence-electron chi connectivity index (χ2n) is 5.01. The molecular weight excluding hydrogens is 324 g/mol. The molecule has 0 aliphatic carbocycles. The average Bonchev–Trinajstić information content (AvgIpc) is 2.62. The van der Waals surface area contributed by atoms with Gasteiger partial charge in [0, 0.05) is 23.5 Å². The summed E-state index contributed by atoms with van der Waals surface area (Å²) in [6, 6.07) is 14.2. The average molecular weight is 335 g/mol. The van der Waals surface area contributed by atoms with Crippen molar-refractivity contribution in [2.24, 2.45) is 5.73 Å². The van der Waals surface area contributed by atoms with Crippen LogP contribution in [-0.4, -0.2) is 15.9 Å². The fourth-order valence-electron chi connectivity index (χ4n) is 2.30. The first-order chi connectivity index (χ1) is 11.6. The molecule has 0 radical (unpaired) electrons. The van der Waals surface area contributed by atoms with E-state index in [0.29, 0.717) is 22.4 Å². The van der Waals surface area contributed by atoms with Crippen LogP contribution in [0.15, 0.2) is 54.9 Å². The van der Waals surface area contributed by atoms with E-state index in [2.05, 4.69) is 9.97 Å². The van der Waals surface area contributed by atoms with Crippen LogP contribution in [0.2, 0.25) is 5.02 Å². The van der Waals surface area contributed by atoms with Gasteiger partial charge in [0.25, 0.3) is 0 Å². The van der Waals surface area contributed by atoms with Crippen LogP contribution >= 0.6 is 11.6 Å². The summed E-state index contributed by atoms with van der Waals surface area (Å²) in [5.74, 6) is -0.684. The predicted molar refractivity (Wildman–Crippen MR) is 91.1 cm³/mol. The summed E-state index contributed by atoms with van der Waals surface area (Å²) >= 11 is 6.27. The molecule has 0 aliphatic heterocycles. The highest BCUT2D eigenvalue weighted by atomic mass is 35.5. The Kier molecular flexibility index (Phi) is 4.23. The highest BCUT2D eigenvalue weighted by Gasteiger charge is 2.15. The lowest BCUT2D eigenvalue weighted by Crippen LogP contribution is -2.12. The van der Waals surface area contributed by atoms with E-state index < -0.39 is 5.91 Å². The van der Waals surface area contributed by atoms with E-state index in [1.165, 1.54) is 6.07 Å². The first-order valence-corrected chi connectivity index (χ1v) is 7.39. The Bertz CT molecular complexity index is 947. The summed E-state index contributed by atoms with van der Waals surface area (Å²) in [7, 11) is 0. The van der Waals surface area contributed by atoms with Crippen molar-refractivity contribution in [2.45, 2.75) is 0 Å². The lowest BCUT2D eigenvalue weighted by atomic mass is 10.0. The van der Waals surface area contributed by atoms with Crippen molar-refractivity contribution in [3.8, 4) is 28.6 Å². The van der Waals surface area contributed by atoms with Gasteiger partial charge in [-0.1, -0.05) is 23.7 Å². The molecule has 0 unspecified atom stereocenters. The van der Waals surface area contributed by atoms with Gasteiger partial charge in [0.15, 0.2) is 0 Å². The first kappa shape index (κ1) is 15.7. The molecule has 3 aromatic rings. The minimum Gasteiger partial charge on any atom is -0.366 e. The number of hydrogen-bond donors (Lipinski definition) is 1. The van der Waals surface area contributed by atoms with Gasteiger partial charge >= 0.3 is 0 Å². The number of carbonyl (C=O) groups is 1. The molecule has 5 nitrogen and oxygen atoms in total. The van der Waals surface area contributed by atoms with Crippen LogP contribution in [0.1, 0.15) is 15.9 Å². The number of nitrogens with zero attached hydrogens (tertiary/aromatic N) is 3. The lowest BCUT2D eigenvalue weighted by molar-refractivity contribution is 0.100. The summed E-state index contributed by atoms with van der Waals surface area (Å²) < 4.78 is 0. The third kappa shape index (κ3) is 2.96. The maximum absolute atomic E-state index is 11.5. The smallest absolute Gasteiger partial charge is 0.250 e. The van der Waals surface area contributed by atoms with E-state index >= 15 is 0 Å². The Hall–Kier alpha value is -3.23. The Morgan fingerprint density at radius 1 is 1.12 bits per heavy atom. The third-order valence-corrected chi connectivity index (χ3v) is 3.88. The SMILES string of the molecule is N#Cc1cc(C(N)=O)c(Cl)c(-c2ccc(-c3ccccn3)nc2)c1. The molecule has 24 heavy (non-hydrogen) atoms. The number of rotatable bonds is 3. The molecule has 116 valence electrons.